The Morgan fingerprint density at radius 1 is 1.03 bits per heavy atom. The Kier molecular flexibility index (Phi) is 6.91. The lowest BCUT2D eigenvalue weighted by Crippen LogP contribution is -2.08. The van der Waals surface area contributed by atoms with Gasteiger partial charge in [0.25, 0.3) is 5.69 Å². The third kappa shape index (κ3) is 5.38. The SMILES string of the molecule is CCOc1cc(/C=C2\N=C(c3cccc([N+](=O)[O-])c3C)OC2=O)ccc1OCc1cccc(C)c1. The molecule has 3 aromatic rings. The van der Waals surface area contributed by atoms with Crippen LogP contribution in [0.15, 0.2) is 71.4 Å². The predicted octanol–water partition coefficient (Wildman–Crippen LogP) is 5.53. The van der Waals surface area contributed by atoms with Crippen LogP contribution < -0.4 is 9.47 Å². The van der Waals surface area contributed by atoms with Gasteiger partial charge >= 0.3 is 5.97 Å². The van der Waals surface area contributed by atoms with Crippen molar-refractivity contribution >= 4 is 23.6 Å². The second kappa shape index (κ2) is 10.2. The van der Waals surface area contributed by atoms with E-state index >= 15 is 0 Å². The molecule has 0 saturated carbocycles. The summed E-state index contributed by atoms with van der Waals surface area (Å²) >= 11 is 0. The van der Waals surface area contributed by atoms with Crippen LogP contribution in [0, 0.1) is 24.0 Å². The summed E-state index contributed by atoms with van der Waals surface area (Å²) in [6.07, 6.45) is 1.58. The molecular formula is C27H24N2O6. The maximum atomic E-state index is 12.5. The molecule has 0 radical (unpaired) electrons. The summed E-state index contributed by atoms with van der Waals surface area (Å²) in [4.78, 5) is 27.5. The minimum Gasteiger partial charge on any atom is -0.490 e. The standard InChI is InChI=1S/C27H24N2O6/c1-4-33-25-15-19(11-12-24(25)34-16-20-8-5-7-17(2)13-20)14-22-27(30)35-26(28-22)21-9-6-10-23(18(21)3)29(31)32/h5-15H,4,16H2,1-3H3/b22-14-. The van der Waals surface area contributed by atoms with E-state index in [4.69, 9.17) is 14.2 Å². The van der Waals surface area contributed by atoms with Crippen LogP contribution in [0.4, 0.5) is 5.69 Å². The number of esters is 1. The Bertz CT molecular complexity index is 1360. The van der Waals surface area contributed by atoms with Crippen molar-refractivity contribution in [1.82, 2.24) is 0 Å². The van der Waals surface area contributed by atoms with Gasteiger partial charge in [-0.15, -0.1) is 0 Å². The summed E-state index contributed by atoms with van der Waals surface area (Å²) in [5.74, 6) is 0.523. The van der Waals surface area contributed by atoms with Gasteiger partial charge in [-0.1, -0.05) is 42.0 Å². The van der Waals surface area contributed by atoms with Crippen molar-refractivity contribution in [2.45, 2.75) is 27.4 Å². The summed E-state index contributed by atoms with van der Waals surface area (Å²) in [6.45, 7) is 6.33. The zero-order valence-electron chi connectivity index (χ0n) is 19.6. The van der Waals surface area contributed by atoms with E-state index in [0.29, 0.717) is 41.4 Å². The summed E-state index contributed by atoms with van der Waals surface area (Å²) in [5.41, 5.74) is 3.66. The molecule has 0 aromatic heterocycles. The molecular weight excluding hydrogens is 448 g/mol. The van der Waals surface area contributed by atoms with Gasteiger partial charge < -0.3 is 14.2 Å². The van der Waals surface area contributed by atoms with Gasteiger partial charge in [-0.3, -0.25) is 10.1 Å². The van der Waals surface area contributed by atoms with Gasteiger partial charge in [0, 0.05) is 17.2 Å². The Balaban J connectivity index is 1.59. The number of nitro groups is 1. The monoisotopic (exact) mass is 472 g/mol. The molecule has 8 nitrogen and oxygen atoms in total. The molecule has 35 heavy (non-hydrogen) atoms. The van der Waals surface area contributed by atoms with Crippen molar-refractivity contribution in [3.8, 4) is 11.5 Å². The van der Waals surface area contributed by atoms with E-state index in [2.05, 4.69) is 11.1 Å². The van der Waals surface area contributed by atoms with E-state index in [0.717, 1.165) is 11.1 Å². The largest absolute Gasteiger partial charge is 0.490 e. The first-order valence-corrected chi connectivity index (χ1v) is 11.1. The minimum atomic E-state index is -0.636. The molecule has 1 aliphatic heterocycles. The first kappa shape index (κ1) is 23.7. The second-order valence-electron chi connectivity index (χ2n) is 7.96. The van der Waals surface area contributed by atoms with Crippen LogP contribution in [-0.2, 0) is 16.1 Å². The van der Waals surface area contributed by atoms with Crippen LogP contribution in [0.2, 0.25) is 0 Å². The van der Waals surface area contributed by atoms with Crippen molar-refractivity contribution in [1.29, 1.82) is 0 Å². The molecule has 0 N–H and O–H groups in total. The third-order valence-corrected chi connectivity index (χ3v) is 5.40. The Morgan fingerprint density at radius 3 is 2.57 bits per heavy atom. The fourth-order valence-electron chi connectivity index (χ4n) is 3.70. The van der Waals surface area contributed by atoms with Crippen LogP contribution in [0.5, 0.6) is 11.5 Å². The highest BCUT2D eigenvalue weighted by Crippen LogP contribution is 2.31. The lowest BCUT2D eigenvalue weighted by molar-refractivity contribution is -0.385. The van der Waals surface area contributed by atoms with E-state index in [-0.39, 0.29) is 17.3 Å². The van der Waals surface area contributed by atoms with Gasteiger partial charge in [-0.2, -0.15) is 0 Å². The number of rotatable bonds is 8. The average Bonchev–Trinajstić information content (AvgIpc) is 3.18. The highest BCUT2D eigenvalue weighted by molar-refractivity contribution is 6.13. The molecule has 0 amide bonds. The molecule has 1 heterocycles. The molecule has 8 heteroatoms. The van der Waals surface area contributed by atoms with E-state index < -0.39 is 10.9 Å². The van der Waals surface area contributed by atoms with E-state index in [1.54, 1.807) is 37.3 Å². The fraction of sp³-hybridized carbons (Fsp3) is 0.185. The Labute approximate surface area is 202 Å². The minimum absolute atomic E-state index is 0.0330. The number of carbonyl (C=O) groups excluding carboxylic acids is 1. The molecule has 0 bridgehead atoms. The topological polar surface area (TPSA) is 100 Å². The van der Waals surface area contributed by atoms with E-state index in [9.17, 15) is 14.9 Å². The number of carbonyl (C=O) groups is 1. The normalized spacial score (nSPS) is 14.0. The maximum Gasteiger partial charge on any atom is 0.363 e. The van der Waals surface area contributed by atoms with Crippen molar-refractivity contribution in [3.05, 3.63) is 104 Å². The molecule has 0 aliphatic carbocycles. The second-order valence-corrected chi connectivity index (χ2v) is 7.96. The van der Waals surface area contributed by atoms with Crippen LogP contribution in [0.25, 0.3) is 6.08 Å². The zero-order valence-corrected chi connectivity index (χ0v) is 19.6. The van der Waals surface area contributed by atoms with Gasteiger partial charge in [-0.05, 0) is 56.2 Å². The number of aliphatic imine (C=N–C) groups is 1. The number of nitro benzene ring substituents is 1. The van der Waals surface area contributed by atoms with Gasteiger partial charge in [0.05, 0.1) is 11.5 Å². The smallest absolute Gasteiger partial charge is 0.363 e. The van der Waals surface area contributed by atoms with Crippen molar-refractivity contribution < 1.29 is 23.9 Å². The third-order valence-electron chi connectivity index (χ3n) is 5.40. The fourth-order valence-corrected chi connectivity index (χ4v) is 3.70. The van der Waals surface area contributed by atoms with E-state index in [1.807, 2.05) is 32.0 Å². The van der Waals surface area contributed by atoms with E-state index in [1.165, 1.54) is 12.1 Å². The maximum absolute atomic E-state index is 12.5. The first-order chi connectivity index (χ1) is 16.9. The number of hydrogen-bond acceptors (Lipinski definition) is 7. The Morgan fingerprint density at radius 2 is 1.83 bits per heavy atom. The lowest BCUT2D eigenvalue weighted by Gasteiger charge is -2.13. The number of ether oxygens (including phenoxy) is 3. The average molecular weight is 472 g/mol. The predicted molar refractivity (Wildman–Crippen MR) is 132 cm³/mol. The number of nitrogens with zero attached hydrogens (tertiary/aromatic N) is 2. The lowest BCUT2D eigenvalue weighted by atomic mass is 10.1. The molecule has 1 aliphatic rings. The molecule has 178 valence electrons. The summed E-state index contributed by atoms with van der Waals surface area (Å²) in [6, 6.07) is 18.0. The molecule has 3 aromatic carbocycles. The molecule has 4 rings (SSSR count). The van der Waals surface area contributed by atoms with Gasteiger partial charge in [0.15, 0.2) is 17.2 Å². The Hall–Kier alpha value is -4.46. The summed E-state index contributed by atoms with van der Waals surface area (Å²) in [5, 5.41) is 11.2. The zero-order chi connectivity index (χ0) is 24.9. The van der Waals surface area contributed by atoms with Crippen LogP contribution in [0.3, 0.4) is 0 Å². The quantitative estimate of drug-likeness (QED) is 0.185. The van der Waals surface area contributed by atoms with Crippen LogP contribution in [-0.4, -0.2) is 23.4 Å². The number of benzene rings is 3. The van der Waals surface area contributed by atoms with Crippen LogP contribution in [0.1, 0.15) is 34.7 Å². The van der Waals surface area contributed by atoms with Gasteiger partial charge in [-0.25, -0.2) is 9.79 Å². The summed E-state index contributed by atoms with van der Waals surface area (Å²) < 4.78 is 17.0. The number of aryl methyl sites for hydroxylation is 1. The van der Waals surface area contributed by atoms with Crippen molar-refractivity contribution in [2.75, 3.05) is 6.61 Å². The molecule has 0 saturated heterocycles. The molecule has 0 fully saturated rings. The molecule has 0 atom stereocenters. The molecule has 0 spiro atoms. The van der Waals surface area contributed by atoms with Crippen LogP contribution >= 0.6 is 0 Å². The first-order valence-electron chi connectivity index (χ1n) is 11.1. The summed E-state index contributed by atoms with van der Waals surface area (Å²) in [7, 11) is 0. The van der Waals surface area contributed by atoms with Gasteiger partial charge in [0.1, 0.15) is 6.61 Å². The highest BCUT2D eigenvalue weighted by Gasteiger charge is 2.27. The molecule has 0 unspecified atom stereocenters. The van der Waals surface area contributed by atoms with Crippen molar-refractivity contribution in [3.63, 3.8) is 0 Å². The number of hydrogen-bond donors (Lipinski definition) is 0. The highest BCUT2D eigenvalue weighted by atomic mass is 16.6. The van der Waals surface area contributed by atoms with Crippen molar-refractivity contribution in [2.24, 2.45) is 4.99 Å². The van der Waals surface area contributed by atoms with Gasteiger partial charge in [0.2, 0.25) is 5.90 Å². The number of cyclic esters (lactones) is 1.